The van der Waals surface area contributed by atoms with Crippen molar-refractivity contribution < 1.29 is 14.7 Å². The first-order valence-corrected chi connectivity index (χ1v) is 9.94. The minimum absolute atomic E-state index is 0.0878. The third kappa shape index (κ3) is 3.81. The van der Waals surface area contributed by atoms with Gasteiger partial charge >= 0.3 is 0 Å². The van der Waals surface area contributed by atoms with Gasteiger partial charge in [-0.15, -0.1) is 5.73 Å². The van der Waals surface area contributed by atoms with Gasteiger partial charge in [-0.05, 0) is 30.4 Å². The standard InChI is InChI=1S/C23H29N3O3/c1-6-14-18(19(21(14)28)25-17-12-7-8-13-23(17,2)3)24-16-11-9-10-15(20(16)27)22(29)26(4)5/h9-11,17,24-25,27H,1,7-8,12-13H2,2-5H3. The molecule has 1 saturated carbocycles. The van der Waals surface area contributed by atoms with Gasteiger partial charge in [-0.2, -0.15) is 0 Å². The van der Waals surface area contributed by atoms with Gasteiger partial charge < -0.3 is 20.6 Å². The number of benzene rings is 1. The fraction of sp³-hybridized carbons (Fsp3) is 0.435. The molecule has 0 aliphatic heterocycles. The molecule has 2 aliphatic carbocycles. The van der Waals surface area contributed by atoms with Crippen molar-refractivity contribution in [2.24, 2.45) is 5.41 Å². The van der Waals surface area contributed by atoms with Crippen LogP contribution in [0.1, 0.15) is 49.9 Å². The van der Waals surface area contributed by atoms with Crippen molar-refractivity contribution in [1.82, 2.24) is 10.2 Å². The van der Waals surface area contributed by atoms with Crippen molar-refractivity contribution in [1.29, 1.82) is 0 Å². The second kappa shape index (κ2) is 7.80. The van der Waals surface area contributed by atoms with E-state index in [4.69, 9.17) is 0 Å². The lowest BCUT2D eigenvalue weighted by Crippen LogP contribution is -2.48. The number of phenolic OH excluding ortho intramolecular Hbond substituents is 1. The summed E-state index contributed by atoms with van der Waals surface area (Å²) in [5.41, 5.74) is 4.71. The molecule has 0 saturated heterocycles. The van der Waals surface area contributed by atoms with Gasteiger partial charge in [0.25, 0.3) is 5.91 Å². The average Bonchev–Trinajstić information content (AvgIpc) is 2.67. The molecule has 1 aromatic rings. The molecule has 0 heterocycles. The number of carbonyl (C=O) groups excluding carboxylic acids is 2. The molecule has 6 nitrogen and oxygen atoms in total. The number of anilines is 1. The Labute approximate surface area is 172 Å². The lowest BCUT2D eigenvalue weighted by atomic mass is 9.72. The van der Waals surface area contributed by atoms with Crippen LogP contribution in [0.15, 0.2) is 47.5 Å². The third-order valence-electron chi connectivity index (χ3n) is 5.89. The van der Waals surface area contributed by atoms with Gasteiger partial charge in [0.15, 0.2) is 5.75 Å². The number of phenols is 1. The van der Waals surface area contributed by atoms with E-state index >= 15 is 0 Å². The summed E-state index contributed by atoms with van der Waals surface area (Å²) in [7, 11) is 3.25. The van der Waals surface area contributed by atoms with Gasteiger partial charge in [-0.3, -0.25) is 9.59 Å². The molecule has 6 heteroatoms. The summed E-state index contributed by atoms with van der Waals surface area (Å²) >= 11 is 0. The number of Topliss-reactive ketones (excluding diaryl/α,β-unsaturated/α-hetero) is 1. The Hall–Kier alpha value is -2.98. The normalized spacial score (nSPS) is 20.6. The Kier molecular flexibility index (Phi) is 5.58. The van der Waals surface area contributed by atoms with E-state index in [1.165, 1.54) is 11.3 Å². The van der Waals surface area contributed by atoms with Gasteiger partial charge in [0, 0.05) is 20.1 Å². The number of nitrogens with one attached hydrogen (secondary N) is 2. The summed E-state index contributed by atoms with van der Waals surface area (Å²) < 4.78 is 0. The van der Waals surface area contributed by atoms with Crippen LogP contribution in [-0.4, -0.2) is 41.8 Å². The van der Waals surface area contributed by atoms with Crippen LogP contribution in [0.5, 0.6) is 5.75 Å². The summed E-state index contributed by atoms with van der Waals surface area (Å²) in [6.45, 7) is 8.05. The fourth-order valence-corrected chi connectivity index (χ4v) is 3.97. The average molecular weight is 396 g/mol. The molecule has 1 atom stereocenters. The molecule has 2 aliphatic rings. The SMILES string of the molecule is C=C=C1C(=O)C(NC2CCCCC2(C)C)=C1Nc1cccc(C(=O)N(C)C)c1O. The highest BCUT2D eigenvalue weighted by molar-refractivity contribution is 6.20. The van der Waals surface area contributed by atoms with Crippen molar-refractivity contribution in [3.8, 4) is 5.75 Å². The molecule has 1 fully saturated rings. The third-order valence-corrected chi connectivity index (χ3v) is 5.89. The van der Waals surface area contributed by atoms with Crippen molar-refractivity contribution in [2.45, 2.75) is 45.6 Å². The lowest BCUT2D eigenvalue weighted by Gasteiger charge is -2.41. The first-order valence-electron chi connectivity index (χ1n) is 9.94. The molecule has 154 valence electrons. The Balaban J connectivity index is 1.93. The van der Waals surface area contributed by atoms with E-state index < -0.39 is 0 Å². The molecule has 0 aromatic heterocycles. The number of nitrogens with zero attached hydrogens (tertiary/aromatic N) is 1. The molecule has 1 aromatic carbocycles. The van der Waals surface area contributed by atoms with Crippen LogP contribution in [0, 0.1) is 5.41 Å². The largest absolute Gasteiger partial charge is 0.505 e. The zero-order valence-electron chi connectivity index (χ0n) is 17.6. The number of hydrogen-bond acceptors (Lipinski definition) is 5. The summed E-state index contributed by atoms with van der Waals surface area (Å²) in [6, 6.07) is 5.11. The van der Waals surface area contributed by atoms with E-state index in [1.54, 1.807) is 32.3 Å². The van der Waals surface area contributed by atoms with Crippen LogP contribution in [0.4, 0.5) is 5.69 Å². The molecule has 3 rings (SSSR count). The maximum Gasteiger partial charge on any atom is 0.257 e. The van der Waals surface area contributed by atoms with E-state index in [2.05, 4.69) is 36.8 Å². The predicted octanol–water partition coefficient (Wildman–Crippen LogP) is 3.57. The highest BCUT2D eigenvalue weighted by atomic mass is 16.3. The first kappa shape index (κ1) is 20.7. The van der Waals surface area contributed by atoms with Crippen LogP contribution in [-0.2, 0) is 4.79 Å². The maximum atomic E-state index is 12.6. The smallest absolute Gasteiger partial charge is 0.257 e. The molecule has 0 spiro atoms. The highest BCUT2D eigenvalue weighted by Crippen LogP contribution is 2.39. The number of hydrogen-bond donors (Lipinski definition) is 3. The molecular formula is C23H29N3O3. The van der Waals surface area contributed by atoms with Gasteiger partial charge in [0.1, 0.15) is 5.70 Å². The number of rotatable bonds is 5. The molecule has 1 amide bonds. The van der Waals surface area contributed by atoms with Crippen LogP contribution in [0.3, 0.4) is 0 Å². The van der Waals surface area contributed by atoms with E-state index in [-0.39, 0.29) is 34.5 Å². The molecule has 0 radical (unpaired) electrons. The molecular weight excluding hydrogens is 366 g/mol. The lowest BCUT2D eigenvalue weighted by molar-refractivity contribution is -0.113. The fourth-order valence-electron chi connectivity index (χ4n) is 3.97. The molecule has 1 unspecified atom stereocenters. The van der Waals surface area contributed by atoms with Crippen molar-refractivity contribution in [2.75, 3.05) is 19.4 Å². The zero-order valence-corrected chi connectivity index (χ0v) is 17.6. The van der Waals surface area contributed by atoms with Gasteiger partial charge in [-0.25, -0.2) is 0 Å². The van der Waals surface area contributed by atoms with Crippen molar-refractivity contribution >= 4 is 17.4 Å². The van der Waals surface area contributed by atoms with Gasteiger partial charge in [0.05, 0.1) is 22.5 Å². The Bertz CT molecular complexity index is 937. The number of aromatic hydroxyl groups is 1. The minimum atomic E-state index is -0.299. The predicted molar refractivity (Wildman–Crippen MR) is 114 cm³/mol. The number of amides is 1. The van der Waals surface area contributed by atoms with Crippen molar-refractivity contribution in [3.05, 3.63) is 53.0 Å². The topological polar surface area (TPSA) is 81.7 Å². The quantitative estimate of drug-likeness (QED) is 0.403. The number of ketones is 1. The minimum Gasteiger partial charge on any atom is -0.505 e. The van der Waals surface area contributed by atoms with Crippen LogP contribution < -0.4 is 10.6 Å². The summed E-state index contributed by atoms with van der Waals surface area (Å²) in [6.07, 6.45) is 4.43. The summed E-state index contributed by atoms with van der Waals surface area (Å²) in [5, 5.41) is 17.2. The van der Waals surface area contributed by atoms with Crippen LogP contribution >= 0.6 is 0 Å². The van der Waals surface area contributed by atoms with E-state index in [0.717, 1.165) is 19.3 Å². The zero-order chi connectivity index (χ0) is 21.3. The monoisotopic (exact) mass is 395 g/mol. The van der Waals surface area contributed by atoms with Crippen molar-refractivity contribution in [3.63, 3.8) is 0 Å². The van der Waals surface area contributed by atoms with Crippen LogP contribution in [0.25, 0.3) is 0 Å². The Morgan fingerprint density at radius 3 is 2.62 bits per heavy atom. The van der Waals surface area contributed by atoms with E-state index in [0.29, 0.717) is 22.7 Å². The van der Waals surface area contributed by atoms with E-state index in [1.807, 2.05) is 0 Å². The Morgan fingerprint density at radius 2 is 2.00 bits per heavy atom. The number of para-hydroxylation sites is 1. The summed E-state index contributed by atoms with van der Waals surface area (Å²) in [5.74, 6) is -0.589. The second-order valence-corrected chi connectivity index (χ2v) is 8.59. The number of allylic oxidation sites excluding steroid dienone is 2. The highest BCUT2D eigenvalue weighted by Gasteiger charge is 2.39. The van der Waals surface area contributed by atoms with Gasteiger partial charge in [-0.1, -0.05) is 39.3 Å². The second-order valence-electron chi connectivity index (χ2n) is 8.59. The molecule has 29 heavy (non-hydrogen) atoms. The first-order chi connectivity index (χ1) is 13.7. The molecule has 3 N–H and O–H groups in total. The number of carbonyl (C=O) groups is 2. The van der Waals surface area contributed by atoms with Gasteiger partial charge in [0.2, 0.25) is 5.78 Å². The summed E-state index contributed by atoms with van der Waals surface area (Å²) in [4.78, 5) is 26.3. The van der Waals surface area contributed by atoms with Crippen LogP contribution in [0.2, 0.25) is 0 Å². The maximum absolute atomic E-state index is 12.6. The van der Waals surface area contributed by atoms with E-state index in [9.17, 15) is 14.7 Å². The Morgan fingerprint density at radius 1 is 1.28 bits per heavy atom. The molecule has 0 bridgehead atoms.